The minimum Gasteiger partial charge on any atom is -0.480 e. The molecule has 1 N–H and O–H groups in total. The molecule has 1 unspecified atom stereocenters. The highest BCUT2D eigenvalue weighted by molar-refractivity contribution is 5.79. The number of carboxylic acids is 1. The lowest BCUT2D eigenvalue weighted by molar-refractivity contribution is -0.150. The molecule has 1 saturated heterocycles. The summed E-state index contributed by atoms with van der Waals surface area (Å²) >= 11 is 0. The van der Waals surface area contributed by atoms with E-state index in [9.17, 15) is 9.90 Å². The van der Waals surface area contributed by atoms with Gasteiger partial charge in [0.05, 0.1) is 6.07 Å². The zero-order chi connectivity index (χ0) is 12.5. The fourth-order valence-electron chi connectivity index (χ4n) is 3.10. The van der Waals surface area contributed by atoms with Gasteiger partial charge in [0, 0.05) is 13.0 Å². The van der Waals surface area contributed by atoms with Crippen molar-refractivity contribution in [3.63, 3.8) is 0 Å². The Bertz CT molecular complexity index is 357. The van der Waals surface area contributed by atoms with Crippen molar-refractivity contribution in [1.82, 2.24) is 4.90 Å². The lowest BCUT2D eigenvalue weighted by Crippen LogP contribution is -2.51. The van der Waals surface area contributed by atoms with Crippen molar-refractivity contribution in [2.45, 2.75) is 51.0 Å². The predicted octanol–water partition coefficient (Wildman–Crippen LogP) is 2.01. The highest BCUT2D eigenvalue weighted by Gasteiger charge is 2.52. The van der Waals surface area contributed by atoms with Crippen molar-refractivity contribution in [3.8, 4) is 6.07 Å². The zero-order valence-electron chi connectivity index (χ0n) is 10.4. The van der Waals surface area contributed by atoms with Crippen LogP contribution in [-0.2, 0) is 4.79 Å². The molecule has 0 aromatic rings. The number of likely N-dealkylation sites (tertiary alicyclic amines) is 1. The molecule has 0 amide bonds. The molecule has 0 radical (unpaired) electrons. The topological polar surface area (TPSA) is 64.3 Å². The van der Waals surface area contributed by atoms with Gasteiger partial charge in [-0.05, 0) is 44.1 Å². The Balaban J connectivity index is 2.10. The molecular weight excluding hydrogens is 216 g/mol. The summed E-state index contributed by atoms with van der Waals surface area (Å²) in [5.74, 6) is -0.690. The highest BCUT2D eigenvalue weighted by Crippen LogP contribution is 2.51. The van der Waals surface area contributed by atoms with E-state index in [4.69, 9.17) is 5.26 Å². The van der Waals surface area contributed by atoms with Crippen LogP contribution in [-0.4, -0.2) is 34.6 Å². The van der Waals surface area contributed by atoms with E-state index in [-0.39, 0.29) is 5.41 Å². The standard InChI is InChI=1S/C13H20N2O2/c1-2-13(11(16)17)4-3-9-15(13)10-12(5-6-12)7-8-14/h2-7,9-10H2,1H3,(H,16,17). The molecule has 17 heavy (non-hydrogen) atoms. The SMILES string of the molecule is CCC1(C(=O)O)CCCN1CC1(CC#N)CC1. The van der Waals surface area contributed by atoms with E-state index >= 15 is 0 Å². The van der Waals surface area contributed by atoms with Crippen LogP contribution in [0.5, 0.6) is 0 Å². The summed E-state index contributed by atoms with van der Waals surface area (Å²) in [5.41, 5.74) is -0.556. The first-order valence-electron chi connectivity index (χ1n) is 6.44. The van der Waals surface area contributed by atoms with Crippen LogP contribution in [0, 0.1) is 16.7 Å². The smallest absolute Gasteiger partial charge is 0.324 e. The monoisotopic (exact) mass is 236 g/mol. The number of rotatable bonds is 5. The Labute approximate surface area is 102 Å². The summed E-state index contributed by atoms with van der Waals surface area (Å²) in [6.45, 7) is 3.62. The molecule has 4 heteroatoms. The van der Waals surface area contributed by atoms with E-state index in [1.165, 1.54) is 0 Å². The van der Waals surface area contributed by atoms with Crippen molar-refractivity contribution in [2.75, 3.05) is 13.1 Å². The van der Waals surface area contributed by atoms with E-state index in [1.807, 2.05) is 6.92 Å². The number of carboxylic acid groups (broad SMARTS) is 1. The van der Waals surface area contributed by atoms with Gasteiger partial charge in [0.25, 0.3) is 0 Å². The van der Waals surface area contributed by atoms with Gasteiger partial charge in [-0.3, -0.25) is 9.69 Å². The first-order valence-corrected chi connectivity index (χ1v) is 6.44. The molecule has 4 nitrogen and oxygen atoms in total. The summed E-state index contributed by atoms with van der Waals surface area (Å²) < 4.78 is 0. The molecule has 1 aliphatic heterocycles. The molecule has 1 aliphatic carbocycles. The van der Waals surface area contributed by atoms with Crippen LogP contribution in [0.25, 0.3) is 0 Å². The highest BCUT2D eigenvalue weighted by atomic mass is 16.4. The number of aliphatic carboxylic acids is 1. The number of carbonyl (C=O) groups is 1. The molecule has 0 spiro atoms. The summed E-state index contributed by atoms with van der Waals surface area (Å²) in [6, 6.07) is 2.24. The maximum Gasteiger partial charge on any atom is 0.324 e. The third-order valence-electron chi connectivity index (χ3n) is 4.54. The van der Waals surface area contributed by atoms with Gasteiger partial charge in [0.2, 0.25) is 0 Å². The molecule has 1 heterocycles. The van der Waals surface area contributed by atoms with Crippen molar-refractivity contribution in [1.29, 1.82) is 5.26 Å². The van der Waals surface area contributed by atoms with Gasteiger partial charge in [0.15, 0.2) is 0 Å². The quantitative estimate of drug-likeness (QED) is 0.793. The van der Waals surface area contributed by atoms with E-state index in [0.717, 1.165) is 38.8 Å². The molecule has 2 fully saturated rings. The molecule has 1 atom stereocenters. The second kappa shape index (κ2) is 4.30. The van der Waals surface area contributed by atoms with Gasteiger partial charge in [-0.2, -0.15) is 5.26 Å². The third-order valence-corrected chi connectivity index (χ3v) is 4.54. The predicted molar refractivity (Wildman–Crippen MR) is 63.4 cm³/mol. The van der Waals surface area contributed by atoms with Crippen LogP contribution in [0.2, 0.25) is 0 Å². The largest absolute Gasteiger partial charge is 0.480 e. The summed E-state index contributed by atoms with van der Waals surface area (Å²) in [6.07, 6.45) is 5.10. The summed E-state index contributed by atoms with van der Waals surface area (Å²) in [7, 11) is 0. The van der Waals surface area contributed by atoms with Crippen LogP contribution in [0.15, 0.2) is 0 Å². The molecule has 1 saturated carbocycles. The van der Waals surface area contributed by atoms with Crippen molar-refractivity contribution >= 4 is 5.97 Å². The van der Waals surface area contributed by atoms with E-state index in [1.54, 1.807) is 0 Å². The van der Waals surface area contributed by atoms with E-state index in [2.05, 4.69) is 11.0 Å². The number of hydrogen-bond donors (Lipinski definition) is 1. The van der Waals surface area contributed by atoms with Crippen LogP contribution in [0.3, 0.4) is 0 Å². The maximum absolute atomic E-state index is 11.5. The Kier molecular flexibility index (Phi) is 3.13. The minimum atomic E-state index is -0.690. The minimum absolute atomic E-state index is 0.106. The van der Waals surface area contributed by atoms with Crippen LogP contribution in [0.1, 0.15) is 45.4 Å². The first-order chi connectivity index (χ1) is 8.08. The van der Waals surface area contributed by atoms with Gasteiger partial charge in [-0.25, -0.2) is 0 Å². The summed E-state index contributed by atoms with van der Waals surface area (Å²) in [4.78, 5) is 13.6. The average Bonchev–Trinajstić information content (AvgIpc) is 2.91. The molecule has 2 aliphatic rings. The van der Waals surface area contributed by atoms with Gasteiger partial charge >= 0.3 is 5.97 Å². The molecule has 0 aromatic carbocycles. The molecule has 0 aromatic heterocycles. The van der Waals surface area contributed by atoms with Gasteiger partial charge in [-0.1, -0.05) is 6.92 Å². The van der Waals surface area contributed by atoms with Gasteiger partial charge in [0.1, 0.15) is 5.54 Å². The van der Waals surface area contributed by atoms with Crippen molar-refractivity contribution < 1.29 is 9.90 Å². The molecular formula is C13H20N2O2. The Hall–Kier alpha value is -1.08. The zero-order valence-corrected chi connectivity index (χ0v) is 10.4. The lowest BCUT2D eigenvalue weighted by atomic mass is 9.91. The third kappa shape index (κ3) is 2.04. The molecule has 0 bridgehead atoms. The fourth-order valence-corrected chi connectivity index (χ4v) is 3.10. The number of hydrogen-bond acceptors (Lipinski definition) is 3. The van der Waals surface area contributed by atoms with Crippen molar-refractivity contribution in [3.05, 3.63) is 0 Å². The van der Waals surface area contributed by atoms with Crippen LogP contribution in [0.4, 0.5) is 0 Å². The average molecular weight is 236 g/mol. The lowest BCUT2D eigenvalue weighted by Gasteiger charge is -2.36. The van der Waals surface area contributed by atoms with E-state index in [0.29, 0.717) is 12.8 Å². The maximum atomic E-state index is 11.5. The van der Waals surface area contributed by atoms with Crippen molar-refractivity contribution in [2.24, 2.45) is 5.41 Å². The van der Waals surface area contributed by atoms with Gasteiger partial charge < -0.3 is 5.11 Å². The van der Waals surface area contributed by atoms with Gasteiger partial charge in [-0.15, -0.1) is 0 Å². The van der Waals surface area contributed by atoms with E-state index < -0.39 is 11.5 Å². The second-order valence-electron chi connectivity index (χ2n) is 5.55. The summed E-state index contributed by atoms with van der Waals surface area (Å²) in [5, 5.41) is 18.3. The Morgan fingerprint density at radius 3 is 2.65 bits per heavy atom. The van der Waals surface area contributed by atoms with Crippen LogP contribution >= 0.6 is 0 Å². The van der Waals surface area contributed by atoms with Crippen LogP contribution < -0.4 is 0 Å². The Morgan fingerprint density at radius 2 is 2.18 bits per heavy atom. The second-order valence-corrected chi connectivity index (χ2v) is 5.55. The normalized spacial score (nSPS) is 31.1. The fraction of sp³-hybridized carbons (Fsp3) is 0.846. The molecule has 94 valence electrons. The number of nitriles is 1. The number of nitrogens with zero attached hydrogens (tertiary/aromatic N) is 2. The Morgan fingerprint density at radius 1 is 1.47 bits per heavy atom. The molecule has 2 rings (SSSR count). The first kappa shape index (κ1) is 12.4.